The van der Waals surface area contributed by atoms with E-state index in [1.807, 2.05) is 0 Å². The van der Waals surface area contributed by atoms with Crippen LogP contribution in [0.25, 0.3) is 11.0 Å². The van der Waals surface area contributed by atoms with Gasteiger partial charge in [0.2, 0.25) is 0 Å². The van der Waals surface area contributed by atoms with Crippen LogP contribution in [0.1, 0.15) is 5.56 Å². The Morgan fingerprint density at radius 1 is 1.26 bits per heavy atom. The van der Waals surface area contributed by atoms with Gasteiger partial charge in [-0.2, -0.15) is 0 Å². The molecule has 2 aromatic rings. The summed E-state index contributed by atoms with van der Waals surface area (Å²) < 4.78 is 8.41. The molecule has 0 atom stereocenters. The Hall–Kier alpha value is -1.17. The molecule has 3 rings (SSSR count). The number of morpholine rings is 1. The van der Waals surface area contributed by atoms with E-state index in [1.165, 1.54) is 11.1 Å². The topological polar surface area (TPSA) is 33.2 Å². The average molecular weight is 277 g/mol. The maximum atomic E-state index is 5.44. The van der Waals surface area contributed by atoms with Gasteiger partial charge in [0.05, 0.1) is 24.2 Å². The standard InChI is InChI=1S/C14H19N3OS/c1-11-3-2-4-12-13(11)17(14(19)15-12)6-5-16-7-9-18-10-8-16/h2-4H,5-10H2,1H3,(H,15,19). The minimum Gasteiger partial charge on any atom is -0.379 e. The zero-order valence-electron chi connectivity index (χ0n) is 11.2. The third kappa shape index (κ3) is 2.59. The fourth-order valence-corrected chi connectivity index (χ4v) is 2.97. The molecule has 2 heterocycles. The molecule has 0 unspecified atom stereocenters. The van der Waals surface area contributed by atoms with Crippen molar-refractivity contribution in [3.63, 3.8) is 0 Å². The first-order valence-corrected chi connectivity index (χ1v) is 7.15. The largest absolute Gasteiger partial charge is 0.379 e. The van der Waals surface area contributed by atoms with Gasteiger partial charge in [0.15, 0.2) is 4.77 Å². The summed E-state index contributed by atoms with van der Waals surface area (Å²) in [6.07, 6.45) is 0. The second-order valence-electron chi connectivity index (χ2n) is 5.01. The number of aromatic nitrogens is 2. The van der Waals surface area contributed by atoms with Gasteiger partial charge in [-0.15, -0.1) is 0 Å². The van der Waals surface area contributed by atoms with Crippen LogP contribution in [0.4, 0.5) is 0 Å². The van der Waals surface area contributed by atoms with E-state index in [0.29, 0.717) is 0 Å². The second-order valence-corrected chi connectivity index (χ2v) is 5.39. The van der Waals surface area contributed by atoms with Crippen LogP contribution in [-0.2, 0) is 11.3 Å². The van der Waals surface area contributed by atoms with E-state index in [2.05, 4.69) is 39.6 Å². The van der Waals surface area contributed by atoms with Crippen LogP contribution in [0.5, 0.6) is 0 Å². The Balaban J connectivity index is 1.84. The minimum atomic E-state index is 0.817. The van der Waals surface area contributed by atoms with E-state index in [-0.39, 0.29) is 0 Å². The molecule has 0 amide bonds. The minimum absolute atomic E-state index is 0.817. The summed E-state index contributed by atoms with van der Waals surface area (Å²) in [5, 5.41) is 0. The maximum Gasteiger partial charge on any atom is 0.178 e. The van der Waals surface area contributed by atoms with Crippen molar-refractivity contribution in [3.05, 3.63) is 28.5 Å². The summed E-state index contributed by atoms with van der Waals surface area (Å²) in [5.41, 5.74) is 3.64. The number of benzene rings is 1. The van der Waals surface area contributed by atoms with Crippen molar-refractivity contribution in [2.75, 3.05) is 32.8 Å². The molecule has 0 bridgehead atoms. The highest BCUT2D eigenvalue weighted by atomic mass is 32.1. The third-order valence-corrected chi connectivity index (χ3v) is 4.06. The van der Waals surface area contributed by atoms with Gasteiger partial charge < -0.3 is 14.3 Å². The molecule has 1 aliphatic heterocycles. The van der Waals surface area contributed by atoms with Crippen molar-refractivity contribution in [2.45, 2.75) is 13.5 Å². The second kappa shape index (κ2) is 5.45. The number of ether oxygens (including phenoxy) is 1. The van der Waals surface area contributed by atoms with Gasteiger partial charge in [0.1, 0.15) is 0 Å². The predicted octanol–water partition coefficient (Wildman–Crippen LogP) is 2.34. The van der Waals surface area contributed by atoms with Crippen LogP contribution >= 0.6 is 12.2 Å². The summed E-state index contributed by atoms with van der Waals surface area (Å²) in [6, 6.07) is 6.29. The summed E-state index contributed by atoms with van der Waals surface area (Å²) >= 11 is 5.44. The molecule has 1 aromatic carbocycles. The fourth-order valence-electron chi connectivity index (χ4n) is 2.68. The van der Waals surface area contributed by atoms with Crippen LogP contribution in [0, 0.1) is 11.7 Å². The molecule has 1 aliphatic rings. The van der Waals surface area contributed by atoms with E-state index >= 15 is 0 Å². The molecule has 1 N–H and O–H groups in total. The Morgan fingerprint density at radius 3 is 2.84 bits per heavy atom. The number of nitrogens with zero attached hydrogens (tertiary/aromatic N) is 2. The highest BCUT2D eigenvalue weighted by Crippen LogP contribution is 2.18. The zero-order chi connectivity index (χ0) is 13.2. The Labute approximate surface area is 118 Å². The van der Waals surface area contributed by atoms with E-state index in [4.69, 9.17) is 17.0 Å². The van der Waals surface area contributed by atoms with E-state index in [1.54, 1.807) is 0 Å². The van der Waals surface area contributed by atoms with Crippen molar-refractivity contribution in [1.82, 2.24) is 14.5 Å². The molecular weight excluding hydrogens is 258 g/mol. The fraction of sp³-hybridized carbons (Fsp3) is 0.500. The zero-order valence-corrected chi connectivity index (χ0v) is 12.0. The molecule has 1 aromatic heterocycles. The first-order chi connectivity index (χ1) is 9.25. The van der Waals surface area contributed by atoms with Crippen LogP contribution < -0.4 is 0 Å². The summed E-state index contributed by atoms with van der Waals surface area (Å²) in [6.45, 7) is 7.83. The quantitative estimate of drug-likeness (QED) is 0.874. The lowest BCUT2D eigenvalue weighted by molar-refractivity contribution is 0.0365. The lowest BCUT2D eigenvalue weighted by atomic mass is 10.2. The molecular formula is C14H19N3OS. The molecule has 5 heteroatoms. The van der Waals surface area contributed by atoms with Crippen LogP contribution in [0.2, 0.25) is 0 Å². The number of para-hydroxylation sites is 1. The SMILES string of the molecule is Cc1cccc2[nH]c(=S)n(CCN3CCOCC3)c12. The maximum absolute atomic E-state index is 5.44. The summed E-state index contributed by atoms with van der Waals surface area (Å²) in [7, 11) is 0. The number of rotatable bonds is 3. The Bertz CT molecular complexity index is 625. The molecule has 19 heavy (non-hydrogen) atoms. The van der Waals surface area contributed by atoms with Gasteiger partial charge >= 0.3 is 0 Å². The number of imidazole rings is 1. The number of hydrogen-bond acceptors (Lipinski definition) is 3. The Kier molecular flexibility index (Phi) is 3.68. The third-order valence-electron chi connectivity index (χ3n) is 3.74. The van der Waals surface area contributed by atoms with Crippen molar-refractivity contribution >= 4 is 23.3 Å². The van der Waals surface area contributed by atoms with Gasteiger partial charge in [-0.3, -0.25) is 4.90 Å². The number of H-pyrrole nitrogens is 1. The van der Waals surface area contributed by atoms with Gasteiger partial charge in [-0.1, -0.05) is 12.1 Å². The van der Waals surface area contributed by atoms with E-state index in [9.17, 15) is 0 Å². The van der Waals surface area contributed by atoms with Crippen LogP contribution in [0.3, 0.4) is 0 Å². The number of aryl methyl sites for hydroxylation is 1. The molecule has 0 spiro atoms. The van der Waals surface area contributed by atoms with Gasteiger partial charge in [0.25, 0.3) is 0 Å². The highest BCUT2D eigenvalue weighted by Gasteiger charge is 2.12. The number of hydrogen-bond donors (Lipinski definition) is 1. The number of fused-ring (bicyclic) bond motifs is 1. The van der Waals surface area contributed by atoms with Gasteiger partial charge in [0, 0.05) is 26.2 Å². The van der Waals surface area contributed by atoms with E-state index < -0.39 is 0 Å². The summed E-state index contributed by atoms with van der Waals surface area (Å²) in [4.78, 5) is 5.72. The van der Waals surface area contributed by atoms with Crippen molar-refractivity contribution in [1.29, 1.82) is 0 Å². The smallest absolute Gasteiger partial charge is 0.178 e. The highest BCUT2D eigenvalue weighted by molar-refractivity contribution is 7.71. The Morgan fingerprint density at radius 2 is 2.05 bits per heavy atom. The molecule has 0 aliphatic carbocycles. The van der Waals surface area contributed by atoms with Crippen molar-refractivity contribution in [2.24, 2.45) is 0 Å². The van der Waals surface area contributed by atoms with Crippen LogP contribution in [0.15, 0.2) is 18.2 Å². The summed E-state index contributed by atoms with van der Waals surface area (Å²) in [5.74, 6) is 0. The average Bonchev–Trinajstić information content (AvgIpc) is 2.75. The lowest BCUT2D eigenvalue weighted by Gasteiger charge is -2.26. The number of nitrogens with one attached hydrogen (secondary N) is 1. The molecule has 1 fully saturated rings. The molecule has 102 valence electrons. The monoisotopic (exact) mass is 277 g/mol. The molecule has 0 radical (unpaired) electrons. The first kappa shape index (κ1) is 12.8. The van der Waals surface area contributed by atoms with Gasteiger partial charge in [-0.25, -0.2) is 0 Å². The molecule has 4 nitrogen and oxygen atoms in total. The first-order valence-electron chi connectivity index (χ1n) is 6.74. The van der Waals surface area contributed by atoms with Crippen LogP contribution in [-0.4, -0.2) is 47.3 Å². The molecule has 0 saturated carbocycles. The van der Waals surface area contributed by atoms with E-state index in [0.717, 1.165) is 49.7 Å². The van der Waals surface area contributed by atoms with Gasteiger partial charge in [-0.05, 0) is 30.8 Å². The normalized spacial score (nSPS) is 17.1. The molecule has 1 saturated heterocycles. The van der Waals surface area contributed by atoms with Crippen molar-refractivity contribution in [3.8, 4) is 0 Å². The van der Waals surface area contributed by atoms with Crippen molar-refractivity contribution < 1.29 is 4.74 Å². The lowest BCUT2D eigenvalue weighted by Crippen LogP contribution is -2.38. The number of aromatic amines is 1. The predicted molar refractivity (Wildman–Crippen MR) is 79.1 cm³/mol.